The lowest BCUT2D eigenvalue weighted by molar-refractivity contribution is -0.131. The Morgan fingerprint density at radius 3 is 2.48 bits per heavy atom. The number of allylic oxidation sites excluding steroid dienone is 2. The van der Waals surface area contributed by atoms with Crippen LogP contribution in [-0.2, 0) is 9.53 Å². The predicted molar refractivity (Wildman–Crippen MR) is 105 cm³/mol. The van der Waals surface area contributed by atoms with E-state index in [0.29, 0.717) is 31.0 Å². The summed E-state index contributed by atoms with van der Waals surface area (Å²) in [5.74, 6) is -0.619. The molecule has 1 aliphatic rings. The molecule has 6 nitrogen and oxygen atoms in total. The zero-order valence-electron chi connectivity index (χ0n) is 14.6. The van der Waals surface area contributed by atoms with E-state index in [1.807, 2.05) is 36.4 Å². The van der Waals surface area contributed by atoms with E-state index >= 15 is 0 Å². The van der Waals surface area contributed by atoms with Crippen molar-refractivity contribution in [3.8, 4) is 0 Å². The average molecular weight is 431 g/mol. The molecule has 1 fully saturated rings. The summed E-state index contributed by atoms with van der Waals surface area (Å²) in [6.45, 7) is 1.94. The van der Waals surface area contributed by atoms with Gasteiger partial charge in [-0.25, -0.2) is 0 Å². The Kier molecular flexibility index (Phi) is 6.62. The minimum absolute atomic E-state index is 0.120. The quantitative estimate of drug-likeness (QED) is 0.583. The Labute approximate surface area is 165 Å². The van der Waals surface area contributed by atoms with Crippen LogP contribution in [0.1, 0.15) is 16.1 Å². The monoisotopic (exact) mass is 430 g/mol. The number of nitrogens with one attached hydrogen (secondary N) is 1. The van der Waals surface area contributed by atoms with Gasteiger partial charge < -0.3 is 19.4 Å². The summed E-state index contributed by atoms with van der Waals surface area (Å²) in [5, 5.41) is 2.65. The molecule has 27 heavy (non-hydrogen) atoms. The molecule has 2 aromatic rings. The third-order valence-corrected chi connectivity index (χ3v) is 4.35. The molecule has 0 unspecified atom stereocenters. The lowest BCUT2D eigenvalue weighted by Crippen LogP contribution is -2.44. The first-order valence-electron chi connectivity index (χ1n) is 8.50. The highest BCUT2D eigenvalue weighted by Gasteiger charge is 2.23. The first-order valence-corrected chi connectivity index (χ1v) is 9.30. The van der Waals surface area contributed by atoms with Crippen LogP contribution in [0, 0.1) is 0 Å². The van der Waals surface area contributed by atoms with Gasteiger partial charge in [-0.3, -0.25) is 9.59 Å². The van der Waals surface area contributed by atoms with Crippen molar-refractivity contribution in [2.75, 3.05) is 26.3 Å². The van der Waals surface area contributed by atoms with E-state index in [0.717, 1.165) is 5.56 Å². The number of furan rings is 1. The highest BCUT2D eigenvalue weighted by atomic mass is 79.9. The number of morpholine rings is 1. The Hall–Kier alpha value is -2.64. The molecule has 0 aliphatic carbocycles. The number of hydrogen-bond donors (Lipinski definition) is 1. The normalized spacial score (nSPS) is 15.1. The number of halogens is 1. The summed E-state index contributed by atoms with van der Waals surface area (Å²) < 4.78 is 11.0. The lowest BCUT2D eigenvalue weighted by Gasteiger charge is -2.27. The molecule has 1 aliphatic heterocycles. The number of ether oxygens (including phenoxy) is 1. The number of hydrogen-bond acceptors (Lipinski definition) is 4. The topological polar surface area (TPSA) is 71.8 Å². The van der Waals surface area contributed by atoms with Crippen LogP contribution in [0.15, 0.2) is 69.4 Å². The van der Waals surface area contributed by atoms with Crippen molar-refractivity contribution in [1.82, 2.24) is 10.2 Å². The summed E-state index contributed by atoms with van der Waals surface area (Å²) in [7, 11) is 0. The van der Waals surface area contributed by atoms with Crippen molar-refractivity contribution >= 4 is 33.8 Å². The molecule has 1 aromatic carbocycles. The van der Waals surface area contributed by atoms with Crippen LogP contribution in [0.4, 0.5) is 0 Å². The van der Waals surface area contributed by atoms with Gasteiger partial charge in [0.25, 0.3) is 11.8 Å². The molecule has 140 valence electrons. The van der Waals surface area contributed by atoms with E-state index < -0.39 is 5.91 Å². The molecular weight excluding hydrogens is 412 g/mol. The largest absolute Gasteiger partial charge is 0.444 e. The second kappa shape index (κ2) is 9.34. The van der Waals surface area contributed by atoms with Crippen molar-refractivity contribution < 1.29 is 18.7 Å². The first kappa shape index (κ1) is 19.1. The number of rotatable bonds is 5. The molecule has 1 aromatic heterocycles. The average Bonchev–Trinajstić information content (AvgIpc) is 3.14. The van der Waals surface area contributed by atoms with E-state index in [2.05, 4.69) is 21.2 Å². The fourth-order valence-electron chi connectivity index (χ4n) is 2.54. The van der Waals surface area contributed by atoms with Crippen molar-refractivity contribution in [2.45, 2.75) is 0 Å². The molecule has 1 saturated heterocycles. The summed E-state index contributed by atoms with van der Waals surface area (Å²) in [5.41, 5.74) is 1.18. The van der Waals surface area contributed by atoms with Gasteiger partial charge in [0, 0.05) is 13.1 Å². The zero-order chi connectivity index (χ0) is 19.1. The van der Waals surface area contributed by atoms with E-state index in [-0.39, 0.29) is 17.4 Å². The zero-order valence-corrected chi connectivity index (χ0v) is 16.1. The third-order valence-electron chi connectivity index (χ3n) is 3.93. The second-order valence-electron chi connectivity index (χ2n) is 5.81. The van der Waals surface area contributed by atoms with Crippen LogP contribution in [0.25, 0.3) is 6.08 Å². The van der Waals surface area contributed by atoms with Crippen LogP contribution in [-0.4, -0.2) is 43.0 Å². The smallest absolute Gasteiger partial charge is 0.291 e. The molecule has 3 rings (SSSR count). The first-order chi connectivity index (χ1) is 13.1. The lowest BCUT2D eigenvalue weighted by atomic mass is 10.2. The third kappa shape index (κ3) is 5.42. The molecule has 2 heterocycles. The van der Waals surface area contributed by atoms with E-state index in [1.165, 1.54) is 6.07 Å². The number of amides is 2. The number of carbonyl (C=O) groups excluding carboxylic acids is 2. The maximum Gasteiger partial charge on any atom is 0.291 e. The Bertz CT molecular complexity index is 852. The number of nitrogens with zero attached hydrogens (tertiary/aromatic N) is 1. The van der Waals surface area contributed by atoms with Crippen molar-refractivity contribution in [3.05, 3.63) is 76.3 Å². The summed E-state index contributed by atoms with van der Waals surface area (Å²) in [6, 6.07) is 12.9. The molecule has 0 spiro atoms. The van der Waals surface area contributed by atoms with Gasteiger partial charge in [0.15, 0.2) is 10.4 Å². The molecular formula is C20H19BrN2O4. The van der Waals surface area contributed by atoms with Crippen LogP contribution >= 0.6 is 15.9 Å². The molecule has 0 radical (unpaired) electrons. The van der Waals surface area contributed by atoms with Crippen molar-refractivity contribution in [3.63, 3.8) is 0 Å². The van der Waals surface area contributed by atoms with Crippen molar-refractivity contribution in [1.29, 1.82) is 0 Å². The van der Waals surface area contributed by atoms with Gasteiger partial charge in [-0.1, -0.05) is 42.5 Å². The molecule has 0 saturated carbocycles. The summed E-state index contributed by atoms with van der Waals surface area (Å²) in [6.07, 6.45) is 5.20. The van der Waals surface area contributed by atoms with E-state index in [9.17, 15) is 9.59 Å². The fourth-order valence-corrected chi connectivity index (χ4v) is 2.85. The van der Waals surface area contributed by atoms with Gasteiger partial charge in [0.1, 0.15) is 5.70 Å². The number of carbonyl (C=O) groups is 2. The molecule has 2 amide bonds. The number of benzene rings is 1. The standard InChI is InChI=1S/C20H19BrN2O4/c21-18-10-9-17(27-18)19(24)22-16(20(25)23-11-13-26-14-12-23)8-4-7-15-5-2-1-3-6-15/h1-10H,11-14H2,(H,22,24)/b7-4+,16-8+. The van der Waals surface area contributed by atoms with Gasteiger partial charge in [-0.05, 0) is 39.7 Å². The SMILES string of the molecule is O=C(N/C(=C/C=C/c1ccccc1)C(=O)N1CCOCC1)c1ccc(Br)o1. The Morgan fingerprint density at radius 1 is 1.07 bits per heavy atom. The van der Waals surface area contributed by atoms with Crippen molar-refractivity contribution in [2.24, 2.45) is 0 Å². The predicted octanol–water partition coefficient (Wildman–Crippen LogP) is 3.23. The highest BCUT2D eigenvalue weighted by molar-refractivity contribution is 9.10. The van der Waals surface area contributed by atoms with E-state index in [4.69, 9.17) is 9.15 Å². The van der Waals surface area contributed by atoms with Crippen LogP contribution < -0.4 is 5.32 Å². The summed E-state index contributed by atoms with van der Waals surface area (Å²) >= 11 is 3.16. The molecule has 1 N–H and O–H groups in total. The molecule has 0 bridgehead atoms. The minimum atomic E-state index is -0.485. The fraction of sp³-hybridized carbons (Fsp3) is 0.200. The molecule has 0 atom stereocenters. The van der Waals surface area contributed by atoms with Crippen LogP contribution in [0.5, 0.6) is 0 Å². The Balaban J connectivity index is 1.78. The Morgan fingerprint density at radius 2 is 1.81 bits per heavy atom. The second-order valence-corrected chi connectivity index (χ2v) is 6.59. The summed E-state index contributed by atoms with van der Waals surface area (Å²) in [4.78, 5) is 26.9. The van der Waals surface area contributed by atoms with Gasteiger partial charge in [0.05, 0.1) is 13.2 Å². The van der Waals surface area contributed by atoms with E-state index in [1.54, 1.807) is 23.1 Å². The van der Waals surface area contributed by atoms with Gasteiger partial charge in [-0.15, -0.1) is 0 Å². The van der Waals surface area contributed by atoms with Gasteiger partial charge in [-0.2, -0.15) is 0 Å². The minimum Gasteiger partial charge on any atom is -0.444 e. The van der Waals surface area contributed by atoms with Gasteiger partial charge >= 0.3 is 0 Å². The van der Waals surface area contributed by atoms with Crippen LogP contribution in [0.3, 0.4) is 0 Å². The highest BCUT2D eigenvalue weighted by Crippen LogP contribution is 2.14. The molecule has 7 heteroatoms. The van der Waals surface area contributed by atoms with Crippen LogP contribution in [0.2, 0.25) is 0 Å². The van der Waals surface area contributed by atoms with Gasteiger partial charge in [0.2, 0.25) is 0 Å². The maximum atomic E-state index is 12.8. The maximum absolute atomic E-state index is 12.8.